The summed E-state index contributed by atoms with van der Waals surface area (Å²) in [5.41, 5.74) is 6.60. The van der Waals surface area contributed by atoms with Crippen molar-refractivity contribution in [3.8, 4) is 0 Å². The highest BCUT2D eigenvalue weighted by Gasteiger charge is 2.23. The Morgan fingerprint density at radius 3 is 2.54 bits per heavy atom. The Morgan fingerprint density at radius 2 is 2.04 bits per heavy atom. The number of nitrogens with one attached hydrogen (secondary N) is 2. The minimum atomic E-state index is -3.57. The number of rotatable bonds is 8. The van der Waals surface area contributed by atoms with Crippen molar-refractivity contribution >= 4 is 39.2 Å². The number of carbonyl (C=O) groups excluding carboxylic acids is 2. The van der Waals surface area contributed by atoms with Gasteiger partial charge in [0.1, 0.15) is 4.21 Å². The summed E-state index contributed by atoms with van der Waals surface area (Å²) in [4.78, 5) is 34.7. The molecule has 0 saturated heterocycles. The van der Waals surface area contributed by atoms with E-state index in [1.54, 1.807) is 18.4 Å². The smallest absolute Gasteiger partial charge is 0.327 e. The van der Waals surface area contributed by atoms with Crippen LogP contribution < -0.4 is 15.8 Å². The third-order valence-corrected chi connectivity index (χ3v) is 6.46. The van der Waals surface area contributed by atoms with Gasteiger partial charge < -0.3 is 16.2 Å². The molecule has 0 aromatic carbocycles. The van der Waals surface area contributed by atoms with Crippen LogP contribution in [-0.2, 0) is 19.5 Å². The van der Waals surface area contributed by atoms with Gasteiger partial charge in [-0.1, -0.05) is 13.8 Å². The largest absolute Gasteiger partial charge is 0.481 e. The molecule has 5 N–H and O–H groups in total. The third-order valence-electron chi connectivity index (χ3n) is 3.10. The van der Waals surface area contributed by atoms with E-state index >= 15 is 0 Å². The van der Waals surface area contributed by atoms with Crippen molar-refractivity contribution in [2.75, 3.05) is 6.54 Å². The van der Waals surface area contributed by atoms with Gasteiger partial charge in [-0.2, -0.15) is 0 Å². The van der Waals surface area contributed by atoms with Crippen molar-refractivity contribution < 1.29 is 23.7 Å². The summed E-state index contributed by atoms with van der Waals surface area (Å²) in [5, 5.41) is 12.6. The van der Waals surface area contributed by atoms with Gasteiger partial charge in [-0.05, 0) is 36.3 Å². The van der Waals surface area contributed by atoms with Crippen LogP contribution >= 0.6 is 11.3 Å². The first-order valence-corrected chi connectivity index (χ1v) is 10.3. The average molecular weight is 405 g/mol. The molecule has 0 aliphatic rings. The lowest BCUT2D eigenvalue weighted by Gasteiger charge is -2.14. The summed E-state index contributed by atoms with van der Waals surface area (Å²) >= 11 is 1.10. The highest BCUT2D eigenvalue weighted by atomic mass is 32.2. The van der Waals surface area contributed by atoms with Crippen LogP contribution in [0.3, 0.4) is 0 Å². The molecule has 0 radical (unpaired) electrons. The summed E-state index contributed by atoms with van der Waals surface area (Å²) in [6, 6.07) is -0.236. The monoisotopic (exact) mass is 404 g/mol. The number of carboxylic acid groups (broad SMARTS) is 1. The van der Waals surface area contributed by atoms with E-state index in [1.165, 1.54) is 0 Å². The summed E-state index contributed by atoms with van der Waals surface area (Å²) in [6.45, 7) is 5.41. The standard InChI is InChI=1S/C15H24N4O5S2/c1-9(2)6-11(16)14(22)18-26(24,13-7-10(3)8-25-13)19-15(23)17-5-4-12(20)21/h7-9,11H,4-6,16H2,1-3H3,(H,20,21)(H2,17,18,19,22,23,24)/t11-,26?/m0/s1. The van der Waals surface area contributed by atoms with Crippen molar-refractivity contribution in [3.63, 3.8) is 0 Å². The zero-order chi connectivity index (χ0) is 19.9. The van der Waals surface area contributed by atoms with Gasteiger partial charge in [-0.3, -0.25) is 9.59 Å². The number of amides is 3. The molecule has 0 aliphatic carbocycles. The first kappa shape index (κ1) is 22.1. The molecule has 0 fully saturated rings. The molecule has 1 unspecified atom stereocenters. The van der Waals surface area contributed by atoms with Gasteiger partial charge in [0.2, 0.25) is 0 Å². The Kier molecular flexibility index (Phi) is 8.18. The van der Waals surface area contributed by atoms with E-state index < -0.39 is 33.9 Å². The Balaban J connectivity index is 3.06. The first-order chi connectivity index (χ1) is 12.0. The van der Waals surface area contributed by atoms with E-state index in [9.17, 15) is 18.6 Å². The fraction of sp³-hybridized carbons (Fsp3) is 0.533. The van der Waals surface area contributed by atoms with Crippen molar-refractivity contribution in [2.45, 2.75) is 43.9 Å². The topological polar surface area (TPSA) is 151 Å². The number of urea groups is 1. The molecule has 0 aliphatic heterocycles. The molecular formula is C15H24N4O5S2. The lowest BCUT2D eigenvalue weighted by Crippen LogP contribution is -2.41. The molecule has 9 nitrogen and oxygen atoms in total. The second kappa shape index (κ2) is 9.64. The molecule has 0 spiro atoms. The molecular weight excluding hydrogens is 380 g/mol. The number of aliphatic carboxylic acids is 1. The Morgan fingerprint density at radius 1 is 1.38 bits per heavy atom. The van der Waals surface area contributed by atoms with E-state index in [-0.39, 0.29) is 23.1 Å². The van der Waals surface area contributed by atoms with Crippen LogP contribution in [0.1, 0.15) is 32.3 Å². The molecule has 3 amide bonds. The Bertz CT molecular complexity index is 781. The number of carboxylic acids is 1. The second-order valence-electron chi connectivity index (χ2n) is 6.14. The maximum atomic E-state index is 13.2. The third kappa shape index (κ3) is 7.10. The number of hydrogen-bond acceptors (Lipinski definition) is 6. The fourth-order valence-electron chi connectivity index (χ4n) is 1.92. The van der Waals surface area contributed by atoms with Crippen LogP contribution in [0.5, 0.6) is 0 Å². The number of thiophene rings is 1. The predicted octanol–water partition coefficient (Wildman–Crippen LogP) is 1.47. The lowest BCUT2D eigenvalue weighted by molar-refractivity contribution is -0.136. The number of aryl methyl sites for hydroxylation is 1. The van der Waals surface area contributed by atoms with Gasteiger partial charge in [0.05, 0.1) is 12.5 Å². The van der Waals surface area contributed by atoms with Gasteiger partial charge in [-0.15, -0.1) is 15.7 Å². The van der Waals surface area contributed by atoms with Gasteiger partial charge in [0.25, 0.3) is 5.91 Å². The molecule has 1 aromatic heterocycles. The van der Waals surface area contributed by atoms with Crippen LogP contribution in [0.4, 0.5) is 4.79 Å². The van der Waals surface area contributed by atoms with Crippen molar-refractivity contribution in [3.05, 3.63) is 17.0 Å². The van der Waals surface area contributed by atoms with Gasteiger partial charge >= 0.3 is 12.0 Å². The number of hydrogen-bond donors (Lipinski definition) is 4. The van der Waals surface area contributed by atoms with Gasteiger partial charge in [-0.25, -0.2) is 13.7 Å². The van der Waals surface area contributed by atoms with E-state index in [0.717, 1.165) is 16.9 Å². The van der Waals surface area contributed by atoms with E-state index in [2.05, 4.69) is 14.4 Å². The highest BCUT2D eigenvalue weighted by molar-refractivity contribution is 7.94. The molecule has 1 rings (SSSR count). The summed E-state index contributed by atoms with van der Waals surface area (Å²) in [5.74, 6) is -1.70. The zero-order valence-corrected chi connectivity index (χ0v) is 16.5. The van der Waals surface area contributed by atoms with Crippen LogP contribution in [0.15, 0.2) is 20.0 Å². The Hall–Kier alpha value is -1.98. The number of nitrogens with two attached hydrogens (primary N) is 1. The Labute approximate surface area is 156 Å². The molecule has 2 atom stereocenters. The molecule has 1 aromatic rings. The average Bonchev–Trinajstić information content (AvgIpc) is 2.93. The quantitative estimate of drug-likeness (QED) is 0.515. The first-order valence-electron chi connectivity index (χ1n) is 7.92. The lowest BCUT2D eigenvalue weighted by atomic mass is 10.0. The molecule has 1 heterocycles. The number of nitrogens with zero attached hydrogens (tertiary/aromatic N) is 1. The summed E-state index contributed by atoms with van der Waals surface area (Å²) in [6.07, 6.45) is 0.0776. The SMILES string of the molecule is Cc1csc(S(=O)(=NC(=O)[C@@H](N)CC(C)C)NC(=O)NCCC(=O)O)c1. The normalized spacial score (nSPS) is 14.3. The molecule has 11 heteroatoms. The van der Waals surface area contributed by atoms with Crippen molar-refractivity contribution in [1.29, 1.82) is 0 Å². The highest BCUT2D eigenvalue weighted by Crippen LogP contribution is 2.21. The maximum Gasteiger partial charge on any atom is 0.327 e. The van der Waals surface area contributed by atoms with Crippen LogP contribution in [0, 0.1) is 12.8 Å². The summed E-state index contributed by atoms with van der Waals surface area (Å²) < 4.78 is 19.3. The molecule has 26 heavy (non-hydrogen) atoms. The van der Waals surface area contributed by atoms with Crippen LogP contribution in [0.25, 0.3) is 0 Å². The molecule has 0 bridgehead atoms. The van der Waals surface area contributed by atoms with Crippen LogP contribution in [0.2, 0.25) is 0 Å². The van der Waals surface area contributed by atoms with E-state index in [4.69, 9.17) is 10.8 Å². The number of carbonyl (C=O) groups is 3. The van der Waals surface area contributed by atoms with E-state index in [0.29, 0.717) is 6.42 Å². The van der Waals surface area contributed by atoms with Crippen LogP contribution in [-0.4, -0.2) is 39.8 Å². The maximum absolute atomic E-state index is 13.2. The second-order valence-corrected chi connectivity index (χ2v) is 9.18. The van der Waals surface area contributed by atoms with E-state index in [1.807, 2.05) is 13.8 Å². The van der Waals surface area contributed by atoms with Crippen molar-refractivity contribution in [1.82, 2.24) is 10.0 Å². The minimum absolute atomic E-state index is 0.150. The minimum Gasteiger partial charge on any atom is -0.481 e. The predicted molar refractivity (Wildman–Crippen MR) is 99.1 cm³/mol. The van der Waals surface area contributed by atoms with Crippen molar-refractivity contribution in [2.24, 2.45) is 16.0 Å². The molecule has 0 saturated carbocycles. The summed E-state index contributed by atoms with van der Waals surface area (Å²) in [7, 11) is -3.57. The molecule has 146 valence electrons. The van der Waals surface area contributed by atoms with Gasteiger partial charge in [0, 0.05) is 6.54 Å². The zero-order valence-electron chi connectivity index (χ0n) is 14.9. The van der Waals surface area contributed by atoms with Gasteiger partial charge in [0.15, 0.2) is 9.92 Å². The fourth-order valence-corrected chi connectivity index (χ4v) is 4.74.